The lowest BCUT2D eigenvalue weighted by Crippen LogP contribution is -2.35. The van der Waals surface area contributed by atoms with Gasteiger partial charge in [-0.2, -0.15) is 5.10 Å². The molecule has 19 heavy (non-hydrogen) atoms. The van der Waals surface area contributed by atoms with Crippen LogP contribution in [0.5, 0.6) is 0 Å². The zero-order chi connectivity index (χ0) is 13.4. The van der Waals surface area contributed by atoms with Gasteiger partial charge in [-0.25, -0.2) is 5.43 Å². The Hall–Kier alpha value is -1.10. The molecule has 106 valence electrons. The molecular formula is C13H19Cl2N3O. The first-order valence-electron chi connectivity index (χ1n) is 5.95. The molecule has 4 nitrogen and oxygen atoms in total. The lowest BCUT2D eigenvalue weighted by Gasteiger charge is -2.15. The molecule has 0 heterocycles. The molecular weight excluding hydrogens is 285 g/mol. The van der Waals surface area contributed by atoms with E-state index in [1.54, 1.807) is 18.3 Å². The van der Waals surface area contributed by atoms with Gasteiger partial charge in [0.05, 0.1) is 12.8 Å². The van der Waals surface area contributed by atoms with Crippen LogP contribution in [0.3, 0.4) is 0 Å². The van der Waals surface area contributed by atoms with Crippen molar-refractivity contribution in [3.8, 4) is 0 Å². The molecule has 0 saturated carbocycles. The molecule has 0 aliphatic carbocycles. The van der Waals surface area contributed by atoms with Crippen molar-refractivity contribution >= 4 is 36.1 Å². The molecule has 1 rings (SSSR count). The molecule has 0 saturated heterocycles. The van der Waals surface area contributed by atoms with Gasteiger partial charge in [-0.15, -0.1) is 12.4 Å². The van der Waals surface area contributed by atoms with Crippen LogP contribution in [0.1, 0.15) is 19.4 Å². The van der Waals surface area contributed by atoms with Crippen LogP contribution in [0.15, 0.2) is 29.4 Å². The number of hydrazone groups is 1. The van der Waals surface area contributed by atoms with E-state index in [4.69, 9.17) is 11.6 Å². The highest BCUT2D eigenvalue weighted by atomic mass is 35.5. The zero-order valence-electron chi connectivity index (χ0n) is 11.1. The average molecular weight is 304 g/mol. The summed E-state index contributed by atoms with van der Waals surface area (Å²) in [7, 11) is 0. The third kappa shape index (κ3) is 7.15. The molecule has 0 aliphatic rings. The SMILES string of the molecule is CCN(CC)CC(=O)N/N=C/c1ccc(Cl)cc1.Cl. The Balaban J connectivity index is 0.00000324. The van der Waals surface area contributed by atoms with Gasteiger partial charge in [0.1, 0.15) is 0 Å². The highest BCUT2D eigenvalue weighted by Crippen LogP contribution is 2.07. The molecule has 0 radical (unpaired) electrons. The van der Waals surface area contributed by atoms with E-state index in [2.05, 4.69) is 10.5 Å². The van der Waals surface area contributed by atoms with Crippen molar-refractivity contribution in [2.24, 2.45) is 5.10 Å². The van der Waals surface area contributed by atoms with Crippen LogP contribution in [-0.2, 0) is 4.79 Å². The number of carbonyl (C=O) groups is 1. The lowest BCUT2D eigenvalue weighted by molar-refractivity contribution is -0.122. The first-order chi connectivity index (χ1) is 8.65. The van der Waals surface area contributed by atoms with Crippen molar-refractivity contribution in [1.29, 1.82) is 0 Å². The van der Waals surface area contributed by atoms with Crippen molar-refractivity contribution in [3.63, 3.8) is 0 Å². The molecule has 0 atom stereocenters. The standard InChI is InChI=1S/C13H18ClN3O.ClH/c1-3-17(4-2)10-13(18)16-15-9-11-5-7-12(14)8-6-11;/h5-9H,3-4,10H2,1-2H3,(H,16,18);1H/b15-9+;. The molecule has 6 heteroatoms. The third-order valence-corrected chi connectivity index (χ3v) is 2.79. The van der Waals surface area contributed by atoms with Crippen LogP contribution in [-0.4, -0.2) is 36.7 Å². The van der Waals surface area contributed by atoms with Gasteiger partial charge in [0.25, 0.3) is 5.91 Å². The van der Waals surface area contributed by atoms with Gasteiger partial charge in [-0.05, 0) is 30.8 Å². The van der Waals surface area contributed by atoms with E-state index in [9.17, 15) is 4.79 Å². The summed E-state index contributed by atoms with van der Waals surface area (Å²) in [5, 5.41) is 4.58. The van der Waals surface area contributed by atoms with Crippen LogP contribution in [0, 0.1) is 0 Å². The van der Waals surface area contributed by atoms with Crippen molar-refractivity contribution in [2.45, 2.75) is 13.8 Å². The van der Waals surface area contributed by atoms with Crippen molar-refractivity contribution < 1.29 is 4.79 Å². The predicted octanol–water partition coefficient (Wildman–Crippen LogP) is 2.55. The minimum absolute atomic E-state index is 0. The monoisotopic (exact) mass is 303 g/mol. The van der Waals surface area contributed by atoms with E-state index in [-0.39, 0.29) is 18.3 Å². The van der Waals surface area contributed by atoms with E-state index in [1.807, 2.05) is 30.9 Å². The van der Waals surface area contributed by atoms with Crippen LogP contribution in [0.25, 0.3) is 0 Å². The molecule has 0 fully saturated rings. The molecule has 0 spiro atoms. The number of nitrogens with one attached hydrogen (secondary N) is 1. The first kappa shape index (κ1) is 17.9. The Morgan fingerprint density at radius 2 is 1.89 bits per heavy atom. The molecule has 0 bridgehead atoms. The van der Waals surface area contributed by atoms with Gasteiger partial charge in [-0.1, -0.05) is 37.6 Å². The van der Waals surface area contributed by atoms with Gasteiger partial charge < -0.3 is 0 Å². The van der Waals surface area contributed by atoms with Crippen molar-refractivity contribution in [2.75, 3.05) is 19.6 Å². The Morgan fingerprint density at radius 1 is 1.32 bits per heavy atom. The van der Waals surface area contributed by atoms with Gasteiger partial charge in [-0.3, -0.25) is 9.69 Å². The molecule has 0 aromatic heterocycles. The number of halogens is 2. The Kier molecular flexibility index (Phi) is 9.21. The maximum atomic E-state index is 11.5. The summed E-state index contributed by atoms with van der Waals surface area (Å²) in [6.07, 6.45) is 1.59. The fourth-order valence-electron chi connectivity index (χ4n) is 1.41. The molecule has 1 amide bonds. The summed E-state index contributed by atoms with van der Waals surface area (Å²) in [6, 6.07) is 7.23. The van der Waals surface area contributed by atoms with Gasteiger partial charge in [0.15, 0.2) is 0 Å². The maximum absolute atomic E-state index is 11.5. The molecule has 1 aromatic rings. The van der Waals surface area contributed by atoms with Crippen molar-refractivity contribution in [3.05, 3.63) is 34.9 Å². The summed E-state index contributed by atoms with van der Waals surface area (Å²) in [5.74, 6) is -0.107. The second kappa shape index (κ2) is 9.78. The summed E-state index contributed by atoms with van der Waals surface area (Å²) in [4.78, 5) is 13.5. The number of hydrogen-bond acceptors (Lipinski definition) is 3. The summed E-state index contributed by atoms with van der Waals surface area (Å²) < 4.78 is 0. The van der Waals surface area contributed by atoms with E-state index in [0.29, 0.717) is 11.6 Å². The first-order valence-corrected chi connectivity index (χ1v) is 6.33. The van der Waals surface area contributed by atoms with Gasteiger partial charge >= 0.3 is 0 Å². The highest BCUT2D eigenvalue weighted by molar-refractivity contribution is 6.30. The van der Waals surface area contributed by atoms with Crippen molar-refractivity contribution in [1.82, 2.24) is 10.3 Å². The second-order valence-electron chi connectivity index (χ2n) is 3.81. The fourth-order valence-corrected chi connectivity index (χ4v) is 1.54. The van der Waals surface area contributed by atoms with E-state index >= 15 is 0 Å². The van der Waals surface area contributed by atoms with E-state index in [0.717, 1.165) is 18.7 Å². The number of likely N-dealkylation sites (N-methyl/N-ethyl adjacent to an activating group) is 1. The maximum Gasteiger partial charge on any atom is 0.254 e. The molecule has 0 unspecified atom stereocenters. The van der Waals surface area contributed by atoms with Crippen LogP contribution >= 0.6 is 24.0 Å². The van der Waals surface area contributed by atoms with Crippen LogP contribution < -0.4 is 5.43 Å². The second-order valence-corrected chi connectivity index (χ2v) is 4.24. The minimum atomic E-state index is -0.107. The third-order valence-electron chi connectivity index (χ3n) is 2.53. The predicted molar refractivity (Wildman–Crippen MR) is 82.2 cm³/mol. The normalized spacial score (nSPS) is 10.5. The Morgan fingerprint density at radius 3 is 2.42 bits per heavy atom. The molecule has 0 aliphatic heterocycles. The smallest absolute Gasteiger partial charge is 0.254 e. The number of nitrogens with zero attached hydrogens (tertiary/aromatic N) is 2. The summed E-state index contributed by atoms with van der Waals surface area (Å²) in [5.41, 5.74) is 3.39. The topological polar surface area (TPSA) is 44.7 Å². The van der Waals surface area contributed by atoms with E-state index < -0.39 is 0 Å². The van der Waals surface area contributed by atoms with Gasteiger partial charge in [0, 0.05) is 5.02 Å². The lowest BCUT2D eigenvalue weighted by atomic mass is 10.2. The van der Waals surface area contributed by atoms with Gasteiger partial charge in [0.2, 0.25) is 0 Å². The number of hydrogen-bond donors (Lipinski definition) is 1. The average Bonchev–Trinajstić information content (AvgIpc) is 2.38. The quantitative estimate of drug-likeness (QED) is 0.648. The number of rotatable bonds is 6. The largest absolute Gasteiger partial charge is 0.295 e. The molecule has 1 aromatic carbocycles. The Bertz CT molecular complexity index is 403. The van der Waals surface area contributed by atoms with Crippen LogP contribution in [0.4, 0.5) is 0 Å². The van der Waals surface area contributed by atoms with Crippen LogP contribution in [0.2, 0.25) is 5.02 Å². The van der Waals surface area contributed by atoms with E-state index in [1.165, 1.54) is 0 Å². The minimum Gasteiger partial charge on any atom is -0.295 e. The zero-order valence-corrected chi connectivity index (χ0v) is 12.7. The number of benzene rings is 1. The number of amides is 1. The summed E-state index contributed by atoms with van der Waals surface area (Å²) in [6.45, 7) is 6.11. The highest BCUT2D eigenvalue weighted by Gasteiger charge is 2.05. The fraction of sp³-hybridized carbons (Fsp3) is 0.385. The summed E-state index contributed by atoms with van der Waals surface area (Å²) >= 11 is 5.77. The Labute approximate surface area is 125 Å². The molecule has 1 N–H and O–H groups in total. The number of carbonyl (C=O) groups excluding carboxylic acids is 1.